The topological polar surface area (TPSA) is 87.2 Å². The van der Waals surface area contributed by atoms with Crippen LogP contribution in [-0.2, 0) is 16.1 Å². The number of thiazole rings is 1. The quantitative estimate of drug-likeness (QED) is 0.815. The Labute approximate surface area is 160 Å². The molecule has 1 unspecified atom stereocenters. The maximum atomic E-state index is 12.5. The number of carbonyl (C=O) groups is 2. The van der Waals surface area contributed by atoms with Gasteiger partial charge in [-0.25, -0.2) is 9.97 Å². The van der Waals surface area contributed by atoms with E-state index in [1.165, 1.54) is 24.5 Å². The van der Waals surface area contributed by atoms with E-state index >= 15 is 0 Å². The zero-order chi connectivity index (χ0) is 18.5. The minimum absolute atomic E-state index is 0.0262. The number of carbonyl (C=O) groups excluding carboxylic acids is 2. The first-order chi connectivity index (χ1) is 12.5. The number of pyridine rings is 1. The van der Waals surface area contributed by atoms with E-state index in [0.717, 1.165) is 25.1 Å². The van der Waals surface area contributed by atoms with Crippen LogP contribution in [0.3, 0.4) is 0 Å². The van der Waals surface area contributed by atoms with Gasteiger partial charge in [0.15, 0.2) is 5.13 Å². The molecule has 3 heterocycles. The Hall–Kier alpha value is -2.03. The molecule has 2 aromatic rings. The number of hydrogen-bond acceptors (Lipinski definition) is 6. The van der Waals surface area contributed by atoms with Gasteiger partial charge in [0.1, 0.15) is 5.82 Å². The largest absolute Gasteiger partial charge is 0.310 e. The van der Waals surface area contributed by atoms with E-state index in [2.05, 4.69) is 25.5 Å². The molecule has 1 saturated heterocycles. The van der Waals surface area contributed by atoms with Gasteiger partial charge in [0.25, 0.3) is 0 Å². The fraction of sp³-hybridized carbons (Fsp3) is 0.412. The SMILES string of the molecule is CC(=O)Nc1nc(CN2CCCC(C(=O)Nc3ccc(Cl)cn3)C2)cs1. The lowest BCUT2D eigenvalue weighted by molar-refractivity contribution is -0.121. The number of halogens is 1. The zero-order valence-corrected chi connectivity index (χ0v) is 15.9. The number of hydrogen-bond donors (Lipinski definition) is 2. The van der Waals surface area contributed by atoms with Crippen LogP contribution in [0.5, 0.6) is 0 Å². The maximum Gasteiger partial charge on any atom is 0.229 e. The first-order valence-electron chi connectivity index (χ1n) is 8.36. The summed E-state index contributed by atoms with van der Waals surface area (Å²) in [5.41, 5.74) is 0.902. The first-order valence-corrected chi connectivity index (χ1v) is 9.62. The Balaban J connectivity index is 1.54. The van der Waals surface area contributed by atoms with E-state index in [1.54, 1.807) is 12.1 Å². The van der Waals surface area contributed by atoms with Gasteiger partial charge in [0.2, 0.25) is 11.8 Å². The van der Waals surface area contributed by atoms with Crippen molar-refractivity contribution in [2.45, 2.75) is 26.3 Å². The molecule has 3 rings (SSSR count). The molecule has 0 aliphatic carbocycles. The molecule has 0 spiro atoms. The third-order valence-corrected chi connectivity index (χ3v) is 5.11. The van der Waals surface area contributed by atoms with Crippen molar-refractivity contribution in [1.29, 1.82) is 0 Å². The van der Waals surface area contributed by atoms with Crippen molar-refractivity contribution in [1.82, 2.24) is 14.9 Å². The summed E-state index contributed by atoms with van der Waals surface area (Å²) in [7, 11) is 0. The van der Waals surface area contributed by atoms with Crippen LogP contribution in [0.4, 0.5) is 10.9 Å². The van der Waals surface area contributed by atoms with E-state index in [9.17, 15) is 9.59 Å². The van der Waals surface area contributed by atoms with Gasteiger partial charge in [-0.15, -0.1) is 11.3 Å². The lowest BCUT2D eigenvalue weighted by Gasteiger charge is -2.31. The highest BCUT2D eigenvalue weighted by atomic mass is 35.5. The summed E-state index contributed by atoms with van der Waals surface area (Å²) in [5.74, 6) is 0.267. The molecule has 1 fully saturated rings. The van der Waals surface area contributed by atoms with Crippen molar-refractivity contribution in [2.24, 2.45) is 5.92 Å². The van der Waals surface area contributed by atoms with Crippen LogP contribution >= 0.6 is 22.9 Å². The summed E-state index contributed by atoms with van der Waals surface area (Å²) in [6.45, 7) is 3.73. The zero-order valence-electron chi connectivity index (χ0n) is 14.4. The Morgan fingerprint density at radius 2 is 2.23 bits per heavy atom. The van der Waals surface area contributed by atoms with Crippen molar-refractivity contribution >= 4 is 45.7 Å². The lowest BCUT2D eigenvalue weighted by Crippen LogP contribution is -2.40. The third kappa shape index (κ3) is 5.23. The van der Waals surface area contributed by atoms with Gasteiger partial charge in [-0.1, -0.05) is 11.6 Å². The molecule has 2 amide bonds. The van der Waals surface area contributed by atoms with Crippen LogP contribution in [0.2, 0.25) is 5.02 Å². The van der Waals surface area contributed by atoms with E-state index in [4.69, 9.17) is 11.6 Å². The van der Waals surface area contributed by atoms with Gasteiger partial charge in [-0.2, -0.15) is 0 Å². The second kappa shape index (κ2) is 8.57. The molecular weight excluding hydrogens is 374 g/mol. The molecular formula is C17H20ClN5O2S. The molecule has 0 aromatic carbocycles. The van der Waals surface area contributed by atoms with E-state index in [0.29, 0.717) is 29.1 Å². The third-order valence-electron chi connectivity index (χ3n) is 4.08. The molecule has 0 saturated carbocycles. The number of nitrogens with one attached hydrogen (secondary N) is 2. The Bertz CT molecular complexity index is 780. The molecule has 7 nitrogen and oxygen atoms in total. The minimum atomic E-state index is -0.128. The predicted octanol–water partition coefficient (Wildman–Crippen LogP) is 3.00. The Kier molecular flexibility index (Phi) is 6.18. The monoisotopic (exact) mass is 393 g/mol. The average Bonchev–Trinajstić information content (AvgIpc) is 3.03. The highest BCUT2D eigenvalue weighted by Gasteiger charge is 2.26. The summed E-state index contributed by atoms with van der Waals surface area (Å²) < 4.78 is 0. The van der Waals surface area contributed by atoms with Crippen LogP contribution in [-0.4, -0.2) is 39.8 Å². The van der Waals surface area contributed by atoms with Gasteiger partial charge in [-0.3, -0.25) is 14.5 Å². The molecule has 2 aromatic heterocycles. The number of aromatic nitrogens is 2. The molecule has 26 heavy (non-hydrogen) atoms. The number of rotatable bonds is 5. The standard InChI is InChI=1S/C17H20ClN5O2S/c1-11(24)20-17-21-14(10-26-17)9-23-6-2-3-12(8-23)16(25)22-15-5-4-13(18)7-19-15/h4-5,7,10,12H,2-3,6,8-9H2,1H3,(H,19,22,25)(H,20,21,24). The first kappa shape index (κ1) is 18.8. The smallest absolute Gasteiger partial charge is 0.229 e. The highest BCUT2D eigenvalue weighted by molar-refractivity contribution is 7.13. The Morgan fingerprint density at radius 3 is 2.96 bits per heavy atom. The fourth-order valence-corrected chi connectivity index (χ4v) is 3.77. The lowest BCUT2D eigenvalue weighted by atomic mass is 9.97. The van der Waals surface area contributed by atoms with E-state index in [-0.39, 0.29) is 17.7 Å². The van der Waals surface area contributed by atoms with Crippen molar-refractivity contribution in [3.05, 3.63) is 34.4 Å². The second-order valence-corrected chi connectivity index (χ2v) is 7.54. The molecule has 0 bridgehead atoms. The van der Waals surface area contributed by atoms with Crippen molar-refractivity contribution < 1.29 is 9.59 Å². The minimum Gasteiger partial charge on any atom is -0.310 e. The van der Waals surface area contributed by atoms with Crippen LogP contribution in [0, 0.1) is 5.92 Å². The van der Waals surface area contributed by atoms with E-state index < -0.39 is 0 Å². The normalized spacial score (nSPS) is 17.7. The molecule has 1 atom stereocenters. The number of piperidine rings is 1. The summed E-state index contributed by atoms with van der Waals surface area (Å²) in [4.78, 5) is 34.3. The second-order valence-electron chi connectivity index (χ2n) is 6.25. The van der Waals surface area contributed by atoms with Crippen molar-refractivity contribution in [3.63, 3.8) is 0 Å². The van der Waals surface area contributed by atoms with Crippen molar-refractivity contribution in [3.8, 4) is 0 Å². The van der Waals surface area contributed by atoms with Crippen LogP contribution in [0.1, 0.15) is 25.5 Å². The van der Waals surface area contributed by atoms with E-state index in [1.807, 2.05) is 5.38 Å². The summed E-state index contributed by atoms with van der Waals surface area (Å²) in [5, 5.41) is 8.62. The molecule has 1 aliphatic heterocycles. The number of nitrogens with zero attached hydrogens (tertiary/aromatic N) is 3. The number of anilines is 2. The average molecular weight is 394 g/mol. The van der Waals surface area contributed by atoms with Gasteiger partial charge in [-0.05, 0) is 31.5 Å². The van der Waals surface area contributed by atoms with Gasteiger partial charge in [0, 0.05) is 31.6 Å². The van der Waals surface area contributed by atoms with Crippen LogP contribution < -0.4 is 10.6 Å². The van der Waals surface area contributed by atoms with Gasteiger partial charge in [0.05, 0.1) is 16.6 Å². The summed E-state index contributed by atoms with van der Waals surface area (Å²) >= 11 is 7.22. The summed E-state index contributed by atoms with van der Waals surface area (Å²) in [6, 6.07) is 3.39. The molecule has 9 heteroatoms. The molecule has 1 aliphatic rings. The van der Waals surface area contributed by atoms with Gasteiger partial charge < -0.3 is 10.6 Å². The number of amides is 2. The Morgan fingerprint density at radius 1 is 1.38 bits per heavy atom. The number of likely N-dealkylation sites (tertiary alicyclic amines) is 1. The molecule has 2 N–H and O–H groups in total. The highest BCUT2D eigenvalue weighted by Crippen LogP contribution is 2.22. The van der Waals surface area contributed by atoms with Gasteiger partial charge >= 0.3 is 0 Å². The van der Waals surface area contributed by atoms with Crippen LogP contribution in [0.15, 0.2) is 23.7 Å². The summed E-state index contributed by atoms with van der Waals surface area (Å²) in [6.07, 6.45) is 3.32. The predicted molar refractivity (Wildman–Crippen MR) is 102 cm³/mol. The molecule has 0 radical (unpaired) electrons. The maximum absolute atomic E-state index is 12.5. The molecule has 138 valence electrons. The fourth-order valence-electron chi connectivity index (χ4n) is 2.91. The van der Waals surface area contributed by atoms with Crippen molar-refractivity contribution in [2.75, 3.05) is 23.7 Å². The van der Waals surface area contributed by atoms with Crippen LogP contribution in [0.25, 0.3) is 0 Å².